The van der Waals surface area contributed by atoms with E-state index in [2.05, 4.69) is 21.4 Å². The first-order valence-corrected chi connectivity index (χ1v) is 8.38. The number of anilines is 1. The lowest BCUT2D eigenvalue weighted by atomic mass is 10.4. The summed E-state index contributed by atoms with van der Waals surface area (Å²) in [6, 6.07) is 9.95. The van der Waals surface area contributed by atoms with E-state index in [0.717, 1.165) is 33.4 Å². The van der Waals surface area contributed by atoms with Crippen LogP contribution in [0.15, 0.2) is 46.9 Å². The first-order chi connectivity index (χ1) is 9.83. The summed E-state index contributed by atoms with van der Waals surface area (Å²) in [5.41, 5.74) is 0. The van der Waals surface area contributed by atoms with Gasteiger partial charge in [0.25, 0.3) is 0 Å². The van der Waals surface area contributed by atoms with Crippen LogP contribution in [0, 0.1) is 0 Å². The molecule has 0 fully saturated rings. The van der Waals surface area contributed by atoms with Crippen molar-refractivity contribution in [1.29, 1.82) is 0 Å². The van der Waals surface area contributed by atoms with E-state index in [1.807, 2.05) is 29.6 Å². The number of fused-ring (bicyclic) bond motifs is 1. The van der Waals surface area contributed by atoms with Crippen LogP contribution in [0.3, 0.4) is 0 Å². The van der Waals surface area contributed by atoms with E-state index in [1.54, 1.807) is 29.4 Å². The topological polar surface area (TPSA) is 37.8 Å². The Kier molecular flexibility index (Phi) is 4.40. The van der Waals surface area contributed by atoms with Crippen LogP contribution in [0.2, 0.25) is 5.02 Å². The van der Waals surface area contributed by atoms with E-state index >= 15 is 0 Å². The molecule has 2 heterocycles. The molecule has 0 aliphatic heterocycles. The molecule has 0 aliphatic rings. The Morgan fingerprint density at radius 1 is 1.15 bits per heavy atom. The predicted octanol–water partition coefficient (Wildman–Crippen LogP) is 4.55. The monoisotopic (exact) mass is 321 g/mol. The molecule has 0 saturated heterocycles. The molecule has 0 amide bonds. The Morgan fingerprint density at radius 2 is 2.00 bits per heavy atom. The van der Waals surface area contributed by atoms with Gasteiger partial charge in [0.1, 0.15) is 17.0 Å². The maximum absolute atomic E-state index is 5.86. The molecular formula is C14H12ClN3S2. The Hall–Kier alpha value is -1.30. The summed E-state index contributed by atoms with van der Waals surface area (Å²) in [5, 5.41) is 7.26. The van der Waals surface area contributed by atoms with Gasteiger partial charge in [-0.25, -0.2) is 9.97 Å². The Labute approximate surface area is 130 Å². The van der Waals surface area contributed by atoms with Crippen molar-refractivity contribution in [2.24, 2.45) is 0 Å². The van der Waals surface area contributed by atoms with Crippen molar-refractivity contribution in [1.82, 2.24) is 9.97 Å². The zero-order valence-corrected chi connectivity index (χ0v) is 12.9. The van der Waals surface area contributed by atoms with Crippen LogP contribution >= 0.6 is 34.7 Å². The van der Waals surface area contributed by atoms with Gasteiger partial charge >= 0.3 is 0 Å². The summed E-state index contributed by atoms with van der Waals surface area (Å²) in [5.74, 6) is 1.88. The van der Waals surface area contributed by atoms with Crippen LogP contribution in [0.5, 0.6) is 0 Å². The first-order valence-electron chi connectivity index (χ1n) is 6.13. The number of thioether (sulfide) groups is 1. The van der Waals surface area contributed by atoms with Gasteiger partial charge in [-0.3, -0.25) is 0 Å². The largest absolute Gasteiger partial charge is 0.369 e. The van der Waals surface area contributed by atoms with Crippen LogP contribution in [0.1, 0.15) is 0 Å². The Morgan fingerprint density at radius 3 is 2.85 bits per heavy atom. The van der Waals surface area contributed by atoms with Crippen LogP contribution in [0.4, 0.5) is 5.82 Å². The molecule has 6 heteroatoms. The van der Waals surface area contributed by atoms with E-state index < -0.39 is 0 Å². The molecule has 20 heavy (non-hydrogen) atoms. The highest BCUT2D eigenvalue weighted by molar-refractivity contribution is 7.99. The van der Waals surface area contributed by atoms with Crippen LogP contribution in [-0.2, 0) is 0 Å². The predicted molar refractivity (Wildman–Crippen MR) is 88.1 cm³/mol. The Balaban J connectivity index is 1.55. The first kappa shape index (κ1) is 13.7. The number of benzene rings is 1. The van der Waals surface area contributed by atoms with Crippen LogP contribution in [-0.4, -0.2) is 22.3 Å². The number of thiophene rings is 1. The lowest BCUT2D eigenvalue weighted by Crippen LogP contribution is -2.05. The van der Waals surface area contributed by atoms with Crippen LogP contribution < -0.4 is 5.32 Å². The third-order valence-electron chi connectivity index (χ3n) is 2.74. The minimum atomic E-state index is 0.772. The second kappa shape index (κ2) is 6.43. The van der Waals surface area contributed by atoms with Crippen molar-refractivity contribution in [3.63, 3.8) is 0 Å². The smallest absolute Gasteiger partial charge is 0.138 e. The summed E-state index contributed by atoms with van der Waals surface area (Å²) >= 11 is 9.29. The number of nitrogens with one attached hydrogen (secondary N) is 1. The minimum absolute atomic E-state index is 0.772. The average Bonchev–Trinajstić information content (AvgIpc) is 2.94. The average molecular weight is 322 g/mol. The van der Waals surface area contributed by atoms with E-state index in [4.69, 9.17) is 11.6 Å². The lowest BCUT2D eigenvalue weighted by molar-refractivity contribution is 1.15. The molecule has 0 saturated carbocycles. The van der Waals surface area contributed by atoms with Crippen LogP contribution in [0.25, 0.3) is 10.2 Å². The second-order valence-electron chi connectivity index (χ2n) is 4.09. The molecular weight excluding hydrogens is 310 g/mol. The zero-order chi connectivity index (χ0) is 13.8. The summed E-state index contributed by atoms with van der Waals surface area (Å²) in [4.78, 5) is 10.8. The van der Waals surface area contributed by atoms with Gasteiger partial charge < -0.3 is 5.32 Å². The van der Waals surface area contributed by atoms with Crippen molar-refractivity contribution < 1.29 is 0 Å². The molecule has 3 nitrogen and oxygen atoms in total. The van der Waals surface area contributed by atoms with Gasteiger partial charge in [0.15, 0.2) is 0 Å². The molecule has 1 N–H and O–H groups in total. The standard InChI is InChI=1S/C14H12ClN3S2/c15-10-1-3-11(4-2-10)19-8-6-16-13-12-5-7-20-14(12)18-9-17-13/h1-5,7,9H,6,8H2,(H,16,17,18). The quantitative estimate of drug-likeness (QED) is 0.552. The van der Waals surface area contributed by atoms with Crippen molar-refractivity contribution >= 4 is 50.7 Å². The van der Waals surface area contributed by atoms with Crippen molar-refractivity contribution in [3.05, 3.63) is 47.1 Å². The van der Waals surface area contributed by atoms with E-state index in [9.17, 15) is 0 Å². The van der Waals surface area contributed by atoms with Gasteiger partial charge in [-0.15, -0.1) is 23.1 Å². The molecule has 0 radical (unpaired) electrons. The van der Waals surface area contributed by atoms with Gasteiger partial charge in [-0.1, -0.05) is 11.6 Å². The number of aromatic nitrogens is 2. The summed E-state index contributed by atoms with van der Waals surface area (Å²) in [6.07, 6.45) is 1.60. The fraction of sp³-hybridized carbons (Fsp3) is 0.143. The molecule has 0 bridgehead atoms. The summed E-state index contributed by atoms with van der Waals surface area (Å²) in [6.45, 7) is 0.856. The maximum atomic E-state index is 5.86. The fourth-order valence-electron chi connectivity index (χ4n) is 1.80. The lowest BCUT2D eigenvalue weighted by Gasteiger charge is -2.06. The molecule has 3 aromatic rings. The molecule has 0 unspecified atom stereocenters. The number of rotatable bonds is 5. The van der Waals surface area contributed by atoms with Crippen molar-refractivity contribution in [3.8, 4) is 0 Å². The van der Waals surface area contributed by atoms with Gasteiger partial charge in [0.2, 0.25) is 0 Å². The Bertz CT molecular complexity index is 697. The highest BCUT2D eigenvalue weighted by Gasteiger charge is 2.03. The highest BCUT2D eigenvalue weighted by Crippen LogP contribution is 2.24. The normalized spacial score (nSPS) is 10.8. The molecule has 0 atom stereocenters. The third kappa shape index (κ3) is 3.23. The van der Waals surface area contributed by atoms with Crippen molar-refractivity contribution in [2.45, 2.75) is 4.90 Å². The molecule has 1 aromatic carbocycles. The molecule has 2 aromatic heterocycles. The number of hydrogen-bond donors (Lipinski definition) is 1. The molecule has 102 valence electrons. The zero-order valence-electron chi connectivity index (χ0n) is 10.5. The summed E-state index contributed by atoms with van der Waals surface area (Å²) in [7, 11) is 0. The number of halogens is 1. The number of nitrogens with zero attached hydrogens (tertiary/aromatic N) is 2. The van der Waals surface area contributed by atoms with Gasteiger partial charge in [-0.05, 0) is 35.7 Å². The molecule has 0 aliphatic carbocycles. The molecule has 0 spiro atoms. The van der Waals surface area contributed by atoms with E-state index in [1.165, 1.54) is 4.90 Å². The fourth-order valence-corrected chi connectivity index (χ4v) is 3.43. The third-order valence-corrected chi connectivity index (χ3v) is 4.83. The SMILES string of the molecule is Clc1ccc(SCCNc2ncnc3sccc23)cc1. The molecule has 3 rings (SSSR count). The summed E-state index contributed by atoms with van der Waals surface area (Å²) < 4.78 is 0. The van der Waals surface area contributed by atoms with Gasteiger partial charge in [-0.2, -0.15) is 0 Å². The highest BCUT2D eigenvalue weighted by atomic mass is 35.5. The maximum Gasteiger partial charge on any atom is 0.138 e. The van der Waals surface area contributed by atoms with E-state index in [-0.39, 0.29) is 0 Å². The minimum Gasteiger partial charge on any atom is -0.369 e. The van der Waals surface area contributed by atoms with Crippen molar-refractivity contribution in [2.75, 3.05) is 17.6 Å². The second-order valence-corrected chi connectivity index (χ2v) is 6.59. The van der Waals surface area contributed by atoms with Gasteiger partial charge in [0.05, 0.1) is 5.39 Å². The van der Waals surface area contributed by atoms with E-state index in [0.29, 0.717) is 0 Å². The number of hydrogen-bond acceptors (Lipinski definition) is 5. The van der Waals surface area contributed by atoms with Gasteiger partial charge in [0, 0.05) is 22.2 Å².